The van der Waals surface area contributed by atoms with E-state index in [1.54, 1.807) is 42.5 Å². The number of hydrogen-bond acceptors (Lipinski definition) is 3. The standard InChI is InChI=1S/C14H10ClIN2O2/c15-11-3-1-9(2-4-11)14(20)18-17-8-10-7-12(16)5-6-13(10)19/h1-8,19H,(H,18,20)/b17-8+. The smallest absolute Gasteiger partial charge is 0.271 e. The molecule has 4 nitrogen and oxygen atoms in total. The van der Waals surface area contributed by atoms with Crippen LogP contribution in [0.3, 0.4) is 0 Å². The van der Waals surface area contributed by atoms with Gasteiger partial charge in [0.15, 0.2) is 0 Å². The van der Waals surface area contributed by atoms with Crippen LogP contribution >= 0.6 is 34.2 Å². The number of rotatable bonds is 3. The zero-order chi connectivity index (χ0) is 14.5. The van der Waals surface area contributed by atoms with Crippen molar-refractivity contribution in [2.75, 3.05) is 0 Å². The van der Waals surface area contributed by atoms with Gasteiger partial charge in [-0.05, 0) is 65.1 Å². The van der Waals surface area contributed by atoms with Gasteiger partial charge in [-0.2, -0.15) is 5.10 Å². The van der Waals surface area contributed by atoms with Crippen LogP contribution in [0.2, 0.25) is 5.02 Å². The summed E-state index contributed by atoms with van der Waals surface area (Å²) in [6.07, 6.45) is 1.39. The summed E-state index contributed by atoms with van der Waals surface area (Å²) in [5, 5.41) is 14.0. The molecule has 2 aromatic carbocycles. The maximum absolute atomic E-state index is 11.8. The van der Waals surface area contributed by atoms with Crippen LogP contribution in [0.25, 0.3) is 0 Å². The topological polar surface area (TPSA) is 61.7 Å². The lowest BCUT2D eigenvalue weighted by Crippen LogP contribution is -2.17. The predicted molar refractivity (Wildman–Crippen MR) is 87.3 cm³/mol. The molecule has 2 N–H and O–H groups in total. The number of carbonyl (C=O) groups excluding carboxylic acids is 1. The van der Waals surface area contributed by atoms with Gasteiger partial charge in [0.25, 0.3) is 5.91 Å². The third kappa shape index (κ3) is 3.94. The molecule has 0 bridgehead atoms. The van der Waals surface area contributed by atoms with Gasteiger partial charge < -0.3 is 5.11 Å². The van der Waals surface area contributed by atoms with Crippen LogP contribution in [0.1, 0.15) is 15.9 Å². The molecule has 0 saturated carbocycles. The van der Waals surface area contributed by atoms with Gasteiger partial charge >= 0.3 is 0 Å². The zero-order valence-electron chi connectivity index (χ0n) is 10.2. The average Bonchev–Trinajstić information content (AvgIpc) is 2.43. The fourth-order valence-electron chi connectivity index (χ4n) is 1.46. The molecule has 0 aromatic heterocycles. The maximum Gasteiger partial charge on any atom is 0.271 e. The van der Waals surface area contributed by atoms with Crippen molar-refractivity contribution in [3.63, 3.8) is 0 Å². The minimum Gasteiger partial charge on any atom is -0.507 e. The molecule has 102 valence electrons. The number of halogens is 2. The Morgan fingerprint density at radius 2 is 1.95 bits per heavy atom. The van der Waals surface area contributed by atoms with Gasteiger partial charge in [-0.15, -0.1) is 0 Å². The van der Waals surface area contributed by atoms with Crippen molar-refractivity contribution in [1.29, 1.82) is 0 Å². The molecule has 0 saturated heterocycles. The second-order valence-electron chi connectivity index (χ2n) is 3.91. The highest BCUT2D eigenvalue weighted by atomic mass is 127. The highest BCUT2D eigenvalue weighted by Gasteiger charge is 2.03. The maximum atomic E-state index is 11.8. The van der Waals surface area contributed by atoms with Gasteiger partial charge in [-0.3, -0.25) is 4.79 Å². The number of aromatic hydroxyl groups is 1. The Kier molecular flexibility index (Phi) is 4.97. The molecule has 0 unspecified atom stereocenters. The molecule has 0 spiro atoms. The summed E-state index contributed by atoms with van der Waals surface area (Å²) < 4.78 is 0.964. The van der Waals surface area contributed by atoms with Crippen molar-refractivity contribution in [2.24, 2.45) is 5.10 Å². The molecule has 0 atom stereocenters. The zero-order valence-corrected chi connectivity index (χ0v) is 13.1. The summed E-state index contributed by atoms with van der Waals surface area (Å²) in [7, 11) is 0. The third-order valence-electron chi connectivity index (χ3n) is 2.47. The van der Waals surface area contributed by atoms with Crippen molar-refractivity contribution in [1.82, 2.24) is 5.43 Å². The summed E-state index contributed by atoms with van der Waals surface area (Å²) in [4.78, 5) is 11.8. The Morgan fingerprint density at radius 3 is 2.65 bits per heavy atom. The summed E-state index contributed by atoms with van der Waals surface area (Å²) in [5.41, 5.74) is 3.38. The monoisotopic (exact) mass is 400 g/mol. The van der Waals surface area contributed by atoms with E-state index in [2.05, 4.69) is 33.1 Å². The van der Waals surface area contributed by atoms with Crippen LogP contribution in [0, 0.1) is 3.57 Å². The number of nitrogens with zero attached hydrogens (tertiary/aromatic N) is 1. The summed E-state index contributed by atoms with van der Waals surface area (Å²) in [6.45, 7) is 0. The summed E-state index contributed by atoms with van der Waals surface area (Å²) in [6, 6.07) is 11.6. The van der Waals surface area contributed by atoms with Crippen LogP contribution < -0.4 is 5.43 Å². The minimum absolute atomic E-state index is 0.106. The van der Waals surface area contributed by atoms with E-state index in [1.165, 1.54) is 6.21 Å². The van der Waals surface area contributed by atoms with Crippen molar-refractivity contribution in [3.05, 3.63) is 62.2 Å². The Bertz CT molecular complexity index is 657. The second kappa shape index (κ2) is 6.71. The molecule has 20 heavy (non-hydrogen) atoms. The third-order valence-corrected chi connectivity index (χ3v) is 3.39. The number of carbonyl (C=O) groups is 1. The summed E-state index contributed by atoms with van der Waals surface area (Å²) >= 11 is 7.87. The van der Waals surface area contributed by atoms with Crippen LogP contribution in [-0.2, 0) is 0 Å². The average molecular weight is 401 g/mol. The minimum atomic E-state index is -0.344. The van der Waals surface area contributed by atoms with E-state index in [0.717, 1.165) is 3.57 Å². The normalized spacial score (nSPS) is 10.7. The van der Waals surface area contributed by atoms with Crippen molar-refractivity contribution in [2.45, 2.75) is 0 Å². The first-order valence-corrected chi connectivity index (χ1v) is 7.09. The van der Waals surface area contributed by atoms with Crippen LogP contribution in [0.4, 0.5) is 0 Å². The summed E-state index contributed by atoms with van der Waals surface area (Å²) in [5.74, 6) is -0.238. The van der Waals surface area contributed by atoms with E-state index < -0.39 is 0 Å². The Balaban J connectivity index is 2.04. The van der Waals surface area contributed by atoms with Crippen LogP contribution in [0.15, 0.2) is 47.6 Å². The van der Waals surface area contributed by atoms with Crippen LogP contribution in [-0.4, -0.2) is 17.2 Å². The largest absolute Gasteiger partial charge is 0.507 e. The molecule has 0 aliphatic rings. The van der Waals surface area contributed by atoms with Gasteiger partial charge in [0, 0.05) is 19.7 Å². The van der Waals surface area contributed by atoms with E-state index in [4.69, 9.17) is 11.6 Å². The van der Waals surface area contributed by atoms with Gasteiger partial charge in [-0.25, -0.2) is 5.43 Å². The number of nitrogens with one attached hydrogen (secondary N) is 1. The molecule has 0 heterocycles. The predicted octanol–water partition coefficient (Wildman–Crippen LogP) is 3.41. The van der Waals surface area contributed by atoms with E-state index in [9.17, 15) is 9.90 Å². The van der Waals surface area contributed by atoms with Gasteiger partial charge in [0.05, 0.1) is 6.21 Å². The molecule has 0 radical (unpaired) electrons. The SMILES string of the molecule is O=C(N/N=C/c1cc(I)ccc1O)c1ccc(Cl)cc1. The molecular formula is C14H10ClIN2O2. The molecule has 2 rings (SSSR count). The van der Waals surface area contributed by atoms with Gasteiger partial charge in [-0.1, -0.05) is 11.6 Å². The first-order chi connectivity index (χ1) is 9.56. The van der Waals surface area contributed by atoms with Crippen molar-refractivity contribution < 1.29 is 9.90 Å². The fraction of sp³-hybridized carbons (Fsp3) is 0. The lowest BCUT2D eigenvalue weighted by atomic mass is 10.2. The Hall–Kier alpha value is -1.60. The Labute approximate surface area is 134 Å². The van der Waals surface area contributed by atoms with Crippen molar-refractivity contribution >= 4 is 46.3 Å². The number of benzene rings is 2. The number of phenols is 1. The first kappa shape index (κ1) is 14.8. The molecular weight excluding hydrogens is 391 g/mol. The molecule has 6 heteroatoms. The molecule has 0 fully saturated rings. The van der Waals surface area contributed by atoms with Crippen LogP contribution in [0.5, 0.6) is 5.75 Å². The number of phenolic OH excluding ortho intramolecular Hbond substituents is 1. The quantitative estimate of drug-likeness (QED) is 0.471. The lowest BCUT2D eigenvalue weighted by Gasteiger charge is -2.01. The van der Waals surface area contributed by atoms with E-state index >= 15 is 0 Å². The van der Waals surface area contributed by atoms with E-state index in [0.29, 0.717) is 16.1 Å². The number of hydrogen-bond donors (Lipinski definition) is 2. The van der Waals surface area contributed by atoms with Gasteiger partial charge in [0.1, 0.15) is 5.75 Å². The van der Waals surface area contributed by atoms with Gasteiger partial charge in [0.2, 0.25) is 0 Å². The molecule has 0 aliphatic carbocycles. The second-order valence-corrected chi connectivity index (χ2v) is 5.59. The van der Waals surface area contributed by atoms with E-state index in [-0.39, 0.29) is 11.7 Å². The lowest BCUT2D eigenvalue weighted by molar-refractivity contribution is 0.0955. The molecule has 2 aromatic rings. The fourth-order valence-corrected chi connectivity index (χ4v) is 2.10. The number of hydrazone groups is 1. The number of amides is 1. The van der Waals surface area contributed by atoms with Crippen molar-refractivity contribution in [3.8, 4) is 5.75 Å². The van der Waals surface area contributed by atoms with E-state index in [1.807, 2.05) is 0 Å². The highest BCUT2D eigenvalue weighted by molar-refractivity contribution is 14.1. The molecule has 1 amide bonds. The Morgan fingerprint density at radius 1 is 1.25 bits per heavy atom. The molecule has 0 aliphatic heterocycles. The first-order valence-electron chi connectivity index (χ1n) is 5.64. The highest BCUT2D eigenvalue weighted by Crippen LogP contribution is 2.17.